The minimum atomic E-state index is -0.570. The molecule has 1 aliphatic rings. The zero-order valence-electron chi connectivity index (χ0n) is 16.9. The summed E-state index contributed by atoms with van der Waals surface area (Å²) in [6, 6.07) is 22.2. The molecule has 0 aliphatic heterocycles. The molecule has 8 heteroatoms. The third-order valence-electron chi connectivity index (χ3n) is 6.20. The van der Waals surface area contributed by atoms with Gasteiger partial charge < -0.3 is 9.97 Å². The van der Waals surface area contributed by atoms with E-state index in [4.69, 9.17) is 0 Å². The number of H-pyrrole nitrogens is 4. The smallest absolute Gasteiger partial charge is 0.311 e. The summed E-state index contributed by atoms with van der Waals surface area (Å²) in [5.41, 5.74) is 0.910. The lowest BCUT2D eigenvalue weighted by atomic mass is 9.50. The van der Waals surface area contributed by atoms with Crippen molar-refractivity contribution in [2.45, 2.75) is 23.7 Å². The van der Waals surface area contributed by atoms with Gasteiger partial charge in [-0.2, -0.15) is 0 Å². The van der Waals surface area contributed by atoms with Gasteiger partial charge in [-0.25, -0.2) is 9.59 Å². The summed E-state index contributed by atoms with van der Waals surface area (Å²) in [4.78, 5) is 58.4. The zero-order chi connectivity index (χ0) is 22.2. The van der Waals surface area contributed by atoms with Crippen LogP contribution in [0.4, 0.5) is 0 Å². The molecule has 0 saturated heterocycles. The monoisotopic (exact) mass is 428 g/mol. The van der Waals surface area contributed by atoms with Gasteiger partial charge in [0, 0.05) is 47.2 Å². The van der Waals surface area contributed by atoms with E-state index in [0.717, 1.165) is 11.1 Å². The molecule has 0 spiro atoms. The largest absolute Gasteiger partial charge is 0.325 e. The van der Waals surface area contributed by atoms with E-state index < -0.39 is 22.5 Å². The third kappa shape index (κ3) is 3.45. The van der Waals surface area contributed by atoms with Crippen molar-refractivity contribution in [1.29, 1.82) is 0 Å². The summed E-state index contributed by atoms with van der Waals surface area (Å²) >= 11 is 0. The Morgan fingerprint density at radius 2 is 0.844 bits per heavy atom. The third-order valence-corrected chi connectivity index (χ3v) is 6.20. The Morgan fingerprint density at radius 3 is 1.19 bits per heavy atom. The normalized spacial score (nSPS) is 22.2. The van der Waals surface area contributed by atoms with Crippen LogP contribution in [-0.2, 0) is 0 Å². The van der Waals surface area contributed by atoms with Crippen LogP contribution >= 0.6 is 0 Å². The lowest BCUT2D eigenvalue weighted by molar-refractivity contribution is 0.219. The van der Waals surface area contributed by atoms with Crippen molar-refractivity contribution >= 4 is 0 Å². The number of hydrogen-bond acceptors (Lipinski definition) is 4. The summed E-state index contributed by atoms with van der Waals surface area (Å²) in [5.74, 6) is -0.863. The van der Waals surface area contributed by atoms with Crippen molar-refractivity contribution in [3.05, 3.63) is 137 Å². The van der Waals surface area contributed by atoms with Gasteiger partial charge in [-0.1, -0.05) is 60.7 Å². The highest BCUT2D eigenvalue weighted by molar-refractivity contribution is 5.44. The Bertz CT molecular complexity index is 1300. The number of nitrogens with one attached hydrogen (secondary N) is 4. The van der Waals surface area contributed by atoms with Crippen LogP contribution in [0.5, 0.6) is 0 Å². The SMILES string of the molecule is O=c1cc([C@H]2[C@H](c3ccccc3)[C@H](c3cc(=O)[nH]c(=O)[nH]3)[C@H]2c2ccccc2)[nH]c(=O)[nH]1. The van der Waals surface area contributed by atoms with Gasteiger partial charge in [-0.3, -0.25) is 19.6 Å². The maximum absolute atomic E-state index is 12.1. The van der Waals surface area contributed by atoms with Crippen molar-refractivity contribution in [1.82, 2.24) is 19.9 Å². The van der Waals surface area contributed by atoms with Gasteiger partial charge in [-0.15, -0.1) is 0 Å². The number of hydrogen-bond donors (Lipinski definition) is 4. The first-order valence-corrected chi connectivity index (χ1v) is 10.3. The van der Waals surface area contributed by atoms with Crippen LogP contribution in [-0.4, -0.2) is 19.9 Å². The van der Waals surface area contributed by atoms with Crippen LogP contribution in [0.1, 0.15) is 46.2 Å². The number of benzene rings is 2. The summed E-state index contributed by atoms with van der Waals surface area (Å²) in [7, 11) is 0. The molecule has 1 saturated carbocycles. The van der Waals surface area contributed by atoms with Gasteiger partial charge in [0.1, 0.15) is 0 Å². The Labute approximate surface area is 181 Å². The van der Waals surface area contributed by atoms with Gasteiger partial charge in [0.05, 0.1) is 0 Å². The number of rotatable bonds is 4. The first-order valence-electron chi connectivity index (χ1n) is 10.3. The maximum Gasteiger partial charge on any atom is 0.325 e. The van der Waals surface area contributed by atoms with Crippen LogP contribution in [0.3, 0.4) is 0 Å². The molecule has 8 nitrogen and oxygen atoms in total. The lowest BCUT2D eigenvalue weighted by Gasteiger charge is -2.52. The first-order chi connectivity index (χ1) is 15.5. The molecule has 0 amide bonds. The molecule has 4 aromatic rings. The van der Waals surface area contributed by atoms with Crippen LogP contribution in [0.15, 0.2) is 92.0 Å². The highest BCUT2D eigenvalue weighted by atomic mass is 16.2. The number of aromatic nitrogens is 4. The van der Waals surface area contributed by atoms with E-state index in [9.17, 15) is 19.2 Å². The fourth-order valence-corrected chi connectivity index (χ4v) is 5.04. The Hall–Kier alpha value is -4.20. The second kappa shape index (κ2) is 7.81. The van der Waals surface area contributed by atoms with E-state index in [0.29, 0.717) is 11.4 Å². The molecule has 0 radical (unpaired) electrons. The van der Waals surface area contributed by atoms with Gasteiger partial charge in [0.15, 0.2) is 0 Å². The quantitative estimate of drug-likeness (QED) is 0.395. The molecule has 2 heterocycles. The lowest BCUT2D eigenvalue weighted by Crippen LogP contribution is -2.43. The van der Waals surface area contributed by atoms with E-state index in [1.807, 2.05) is 60.7 Å². The molecule has 1 fully saturated rings. The summed E-state index contributed by atoms with van der Waals surface area (Å²) in [5, 5.41) is 0. The zero-order valence-corrected chi connectivity index (χ0v) is 16.9. The Morgan fingerprint density at radius 1 is 0.469 bits per heavy atom. The van der Waals surface area contributed by atoms with Gasteiger partial charge in [0.25, 0.3) is 11.1 Å². The highest BCUT2D eigenvalue weighted by Crippen LogP contribution is 2.65. The summed E-state index contributed by atoms with van der Waals surface area (Å²) in [6.45, 7) is 0. The van der Waals surface area contributed by atoms with Crippen molar-refractivity contribution in [2.24, 2.45) is 0 Å². The van der Waals surface area contributed by atoms with E-state index in [2.05, 4.69) is 19.9 Å². The minimum absolute atomic E-state index is 0.184. The number of aromatic amines is 4. The molecule has 5 rings (SSSR count). The van der Waals surface area contributed by atoms with Crippen LogP contribution in [0.25, 0.3) is 0 Å². The molecule has 32 heavy (non-hydrogen) atoms. The molecule has 1 aliphatic carbocycles. The van der Waals surface area contributed by atoms with Crippen molar-refractivity contribution in [2.75, 3.05) is 0 Å². The molecule has 0 unspecified atom stereocenters. The molecule has 0 atom stereocenters. The van der Waals surface area contributed by atoms with Crippen molar-refractivity contribution in [3.63, 3.8) is 0 Å². The fourth-order valence-electron chi connectivity index (χ4n) is 5.04. The average Bonchev–Trinajstić information content (AvgIpc) is 2.73. The van der Waals surface area contributed by atoms with Gasteiger partial charge in [-0.05, 0) is 11.1 Å². The van der Waals surface area contributed by atoms with Crippen molar-refractivity contribution in [3.8, 4) is 0 Å². The first kappa shape index (κ1) is 19.7. The highest BCUT2D eigenvalue weighted by Gasteiger charge is 2.53. The van der Waals surface area contributed by atoms with E-state index >= 15 is 0 Å². The topological polar surface area (TPSA) is 131 Å². The van der Waals surface area contributed by atoms with Gasteiger partial charge >= 0.3 is 11.4 Å². The molecule has 2 aromatic heterocycles. The summed E-state index contributed by atoms with van der Waals surface area (Å²) in [6.07, 6.45) is 0. The van der Waals surface area contributed by atoms with E-state index in [-0.39, 0.29) is 23.7 Å². The Kier molecular flexibility index (Phi) is 4.82. The van der Waals surface area contributed by atoms with Crippen LogP contribution < -0.4 is 22.5 Å². The second-order valence-electron chi connectivity index (χ2n) is 8.01. The molecule has 160 valence electrons. The molecule has 0 bridgehead atoms. The minimum Gasteiger partial charge on any atom is -0.311 e. The predicted octanol–water partition coefficient (Wildman–Crippen LogP) is 1.89. The Balaban J connectivity index is 1.76. The standard InChI is InChI=1S/C24H20N4O4/c29-17-11-15(25-23(31)27-17)21-19(13-7-3-1-4-8-13)22(16-12-18(30)28-24(32)26-16)20(21)14-9-5-2-6-10-14/h1-12,19-22H,(H2,25,27,29,31)(H2,26,28,30,32)/t19-,20-,21-,22-. The van der Waals surface area contributed by atoms with Crippen molar-refractivity contribution < 1.29 is 0 Å². The van der Waals surface area contributed by atoms with Gasteiger partial charge in [0.2, 0.25) is 0 Å². The molecular formula is C24H20N4O4. The average molecular weight is 428 g/mol. The molecule has 2 aromatic carbocycles. The summed E-state index contributed by atoms with van der Waals surface area (Å²) < 4.78 is 0. The fraction of sp³-hybridized carbons (Fsp3) is 0.167. The molecular weight excluding hydrogens is 408 g/mol. The second-order valence-corrected chi connectivity index (χ2v) is 8.01. The van der Waals surface area contributed by atoms with E-state index in [1.54, 1.807) is 0 Å². The van der Waals surface area contributed by atoms with E-state index in [1.165, 1.54) is 12.1 Å². The predicted molar refractivity (Wildman–Crippen MR) is 119 cm³/mol. The molecule has 4 N–H and O–H groups in total. The van der Waals surface area contributed by atoms with Crippen LogP contribution in [0.2, 0.25) is 0 Å². The van der Waals surface area contributed by atoms with Crippen LogP contribution in [0, 0.1) is 0 Å². The maximum atomic E-state index is 12.1.